The van der Waals surface area contributed by atoms with Gasteiger partial charge in [-0.25, -0.2) is 0 Å². The molecular formula is C12H16N2O. The summed E-state index contributed by atoms with van der Waals surface area (Å²) >= 11 is 0. The number of primary amides is 1. The third-order valence-electron chi connectivity index (χ3n) is 5.02. The van der Waals surface area contributed by atoms with Crippen LogP contribution in [0, 0.1) is 40.4 Å². The van der Waals surface area contributed by atoms with Gasteiger partial charge in [0.25, 0.3) is 0 Å². The maximum Gasteiger partial charge on any atom is 0.238 e. The van der Waals surface area contributed by atoms with E-state index in [1.54, 1.807) is 0 Å². The Morgan fingerprint density at radius 2 is 1.60 bits per heavy atom. The molecule has 0 atom stereocenters. The number of hydrogen-bond donors (Lipinski definition) is 1. The Hall–Kier alpha value is -1.04. The molecule has 0 aromatic rings. The molecule has 3 heteroatoms. The highest BCUT2D eigenvalue weighted by Crippen LogP contribution is 2.61. The van der Waals surface area contributed by atoms with Gasteiger partial charge >= 0.3 is 0 Å². The smallest absolute Gasteiger partial charge is 0.238 e. The lowest BCUT2D eigenvalue weighted by Gasteiger charge is -2.56. The van der Waals surface area contributed by atoms with Crippen molar-refractivity contribution in [2.75, 3.05) is 0 Å². The summed E-state index contributed by atoms with van der Waals surface area (Å²) < 4.78 is 0. The Bertz CT molecular complexity index is 327. The van der Waals surface area contributed by atoms with E-state index in [0.29, 0.717) is 0 Å². The van der Waals surface area contributed by atoms with Crippen molar-refractivity contribution in [3.8, 4) is 6.07 Å². The Morgan fingerprint density at radius 3 is 1.93 bits per heavy atom. The van der Waals surface area contributed by atoms with Crippen molar-refractivity contribution in [3.63, 3.8) is 0 Å². The van der Waals surface area contributed by atoms with Crippen LogP contribution in [0.4, 0.5) is 0 Å². The van der Waals surface area contributed by atoms with Gasteiger partial charge in [-0.05, 0) is 55.8 Å². The van der Waals surface area contributed by atoms with Gasteiger partial charge in [-0.1, -0.05) is 0 Å². The fraction of sp³-hybridized carbons (Fsp3) is 0.833. The molecule has 0 radical (unpaired) electrons. The van der Waals surface area contributed by atoms with Crippen LogP contribution in [0.25, 0.3) is 0 Å². The third-order valence-corrected chi connectivity index (χ3v) is 5.02. The van der Waals surface area contributed by atoms with E-state index < -0.39 is 5.41 Å². The fourth-order valence-electron chi connectivity index (χ4n) is 4.57. The van der Waals surface area contributed by atoms with Crippen LogP contribution in [0.15, 0.2) is 0 Å². The molecule has 0 heterocycles. The highest BCUT2D eigenvalue weighted by Gasteiger charge is 2.60. The van der Waals surface area contributed by atoms with Crippen LogP contribution in [0.5, 0.6) is 0 Å². The lowest BCUT2D eigenvalue weighted by atomic mass is 9.45. The zero-order chi connectivity index (χ0) is 10.6. The molecule has 0 aliphatic heterocycles. The predicted molar refractivity (Wildman–Crippen MR) is 54.3 cm³/mol. The molecule has 15 heavy (non-hydrogen) atoms. The minimum Gasteiger partial charge on any atom is -0.368 e. The number of nitrogens with zero attached hydrogens (tertiary/aromatic N) is 1. The van der Waals surface area contributed by atoms with E-state index in [2.05, 4.69) is 6.07 Å². The number of carbonyl (C=O) groups excluding carboxylic acids is 1. The molecule has 80 valence electrons. The van der Waals surface area contributed by atoms with E-state index in [0.717, 1.165) is 37.5 Å². The van der Waals surface area contributed by atoms with Crippen LogP contribution < -0.4 is 5.73 Å². The topological polar surface area (TPSA) is 66.9 Å². The SMILES string of the molecule is N#CC1(C(N)=O)C2CC3CC(C2)CC1C3. The molecule has 4 rings (SSSR count). The largest absolute Gasteiger partial charge is 0.368 e. The Labute approximate surface area is 89.6 Å². The summed E-state index contributed by atoms with van der Waals surface area (Å²) in [6.45, 7) is 0. The zero-order valence-electron chi connectivity index (χ0n) is 8.78. The maximum atomic E-state index is 11.6. The van der Waals surface area contributed by atoms with Crippen molar-refractivity contribution in [3.05, 3.63) is 0 Å². The lowest BCUT2D eigenvalue weighted by Crippen LogP contribution is -2.57. The van der Waals surface area contributed by atoms with Gasteiger partial charge in [-0.2, -0.15) is 5.26 Å². The summed E-state index contributed by atoms with van der Waals surface area (Å²) in [5.74, 6) is 1.70. The van der Waals surface area contributed by atoms with E-state index in [-0.39, 0.29) is 17.7 Å². The van der Waals surface area contributed by atoms with Gasteiger partial charge in [0.1, 0.15) is 5.41 Å². The minimum absolute atomic E-state index is 0.260. The lowest BCUT2D eigenvalue weighted by molar-refractivity contribution is -0.145. The second kappa shape index (κ2) is 2.75. The normalized spacial score (nSPS) is 51.4. The molecule has 0 aromatic carbocycles. The molecule has 3 nitrogen and oxygen atoms in total. The van der Waals surface area contributed by atoms with Crippen LogP contribution in [0.3, 0.4) is 0 Å². The summed E-state index contributed by atoms with van der Waals surface area (Å²) in [5, 5.41) is 9.37. The monoisotopic (exact) mass is 204 g/mol. The Balaban J connectivity index is 2.04. The first-order valence-corrected chi connectivity index (χ1v) is 5.88. The molecule has 4 bridgehead atoms. The van der Waals surface area contributed by atoms with Crippen LogP contribution >= 0.6 is 0 Å². The van der Waals surface area contributed by atoms with Crippen molar-refractivity contribution in [2.24, 2.45) is 34.8 Å². The highest BCUT2D eigenvalue weighted by atomic mass is 16.1. The van der Waals surface area contributed by atoms with Crippen molar-refractivity contribution >= 4 is 5.91 Å². The molecule has 0 unspecified atom stereocenters. The molecular weight excluding hydrogens is 188 g/mol. The summed E-state index contributed by atoms with van der Waals surface area (Å²) in [6, 6.07) is 2.29. The fourth-order valence-corrected chi connectivity index (χ4v) is 4.57. The molecule has 4 aliphatic rings. The summed E-state index contributed by atoms with van der Waals surface area (Å²) in [7, 11) is 0. The average molecular weight is 204 g/mol. The highest BCUT2D eigenvalue weighted by molar-refractivity contribution is 5.85. The molecule has 4 fully saturated rings. The molecule has 0 spiro atoms. The summed E-state index contributed by atoms with van der Waals surface area (Å²) in [6.07, 6.45) is 5.56. The second-order valence-corrected chi connectivity index (χ2v) is 5.65. The summed E-state index contributed by atoms with van der Waals surface area (Å²) in [4.78, 5) is 11.6. The average Bonchev–Trinajstić information content (AvgIpc) is 2.16. The van der Waals surface area contributed by atoms with Gasteiger partial charge in [0.15, 0.2) is 0 Å². The van der Waals surface area contributed by atoms with Gasteiger partial charge in [0.2, 0.25) is 5.91 Å². The van der Waals surface area contributed by atoms with E-state index in [1.807, 2.05) is 0 Å². The number of nitriles is 1. The van der Waals surface area contributed by atoms with E-state index in [1.165, 1.54) is 6.42 Å². The third kappa shape index (κ3) is 0.975. The molecule has 4 saturated carbocycles. The van der Waals surface area contributed by atoms with Crippen molar-refractivity contribution in [2.45, 2.75) is 32.1 Å². The molecule has 1 amide bonds. The van der Waals surface area contributed by atoms with Crippen LogP contribution in [-0.4, -0.2) is 5.91 Å². The molecule has 2 N–H and O–H groups in total. The first-order chi connectivity index (χ1) is 7.16. The number of nitrogens with two attached hydrogens (primary N) is 1. The zero-order valence-corrected chi connectivity index (χ0v) is 8.78. The van der Waals surface area contributed by atoms with Gasteiger partial charge in [-0.3, -0.25) is 4.79 Å². The molecule has 0 saturated heterocycles. The maximum absolute atomic E-state index is 11.6. The van der Waals surface area contributed by atoms with Crippen molar-refractivity contribution in [1.82, 2.24) is 0 Å². The first-order valence-electron chi connectivity index (χ1n) is 5.88. The standard InChI is InChI=1S/C12H16N2O/c13-6-12(11(14)15)9-2-7-1-8(4-9)5-10(12)3-7/h7-10H,1-5H2,(H2,14,15). The van der Waals surface area contributed by atoms with E-state index in [9.17, 15) is 10.1 Å². The predicted octanol–water partition coefficient (Wildman–Crippen LogP) is 1.44. The minimum atomic E-state index is -0.812. The van der Waals surface area contributed by atoms with Gasteiger partial charge in [0, 0.05) is 0 Å². The van der Waals surface area contributed by atoms with Crippen molar-refractivity contribution < 1.29 is 4.79 Å². The van der Waals surface area contributed by atoms with E-state index in [4.69, 9.17) is 5.73 Å². The number of amides is 1. The number of rotatable bonds is 1. The van der Waals surface area contributed by atoms with Crippen molar-refractivity contribution in [1.29, 1.82) is 5.26 Å². The van der Waals surface area contributed by atoms with Gasteiger partial charge in [0.05, 0.1) is 6.07 Å². The van der Waals surface area contributed by atoms with Crippen LogP contribution in [-0.2, 0) is 4.79 Å². The Morgan fingerprint density at radius 1 is 1.13 bits per heavy atom. The second-order valence-electron chi connectivity index (χ2n) is 5.65. The quantitative estimate of drug-likeness (QED) is 0.702. The molecule has 4 aliphatic carbocycles. The van der Waals surface area contributed by atoms with Gasteiger partial charge < -0.3 is 5.73 Å². The van der Waals surface area contributed by atoms with Crippen LogP contribution in [0.1, 0.15) is 32.1 Å². The van der Waals surface area contributed by atoms with Gasteiger partial charge in [-0.15, -0.1) is 0 Å². The van der Waals surface area contributed by atoms with E-state index >= 15 is 0 Å². The first kappa shape index (κ1) is 9.21. The number of hydrogen-bond acceptors (Lipinski definition) is 2. The number of carbonyl (C=O) groups is 1. The summed E-state index contributed by atoms with van der Waals surface area (Å²) in [5.41, 5.74) is 4.69. The van der Waals surface area contributed by atoms with Crippen LogP contribution in [0.2, 0.25) is 0 Å². The Kier molecular flexibility index (Phi) is 1.69. The molecule has 0 aromatic heterocycles.